The highest BCUT2D eigenvalue weighted by Crippen LogP contribution is 2.29. The highest BCUT2D eigenvalue weighted by Gasteiger charge is 2.22. The fourth-order valence-corrected chi connectivity index (χ4v) is 2.58. The van der Waals surface area contributed by atoms with Crippen molar-refractivity contribution in [3.63, 3.8) is 0 Å². The summed E-state index contributed by atoms with van der Waals surface area (Å²) in [6.45, 7) is 10.4. The molecule has 1 saturated carbocycles. The average molecular weight is 254 g/mol. The van der Waals surface area contributed by atoms with Crippen molar-refractivity contribution in [2.45, 2.75) is 59.4 Å². The largest absolute Gasteiger partial charge is 0.355 e. The molecule has 0 aromatic carbocycles. The Morgan fingerprint density at radius 3 is 2.56 bits per heavy atom. The third kappa shape index (κ3) is 5.85. The maximum Gasteiger partial charge on any atom is 0.236 e. The molecule has 3 heteroatoms. The molecule has 0 aromatic rings. The molecule has 0 bridgehead atoms. The Balaban J connectivity index is 2.11. The Bertz CT molecular complexity index is 253. The molecule has 106 valence electrons. The molecule has 0 heterocycles. The van der Waals surface area contributed by atoms with Crippen LogP contribution in [0, 0.1) is 17.8 Å². The number of rotatable bonds is 7. The molecule has 0 aliphatic heterocycles. The van der Waals surface area contributed by atoms with Crippen molar-refractivity contribution in [3.8, 4) is 0 Å². The maximum absolute atomic E-state index is 11.8. The average Bonchev–Trinajstić information content (AvgIpc) is 2.71. The van der Waals surface area contributed by atoms with Crippen LogP contribution in [0.1, 0.15) is 53.4 Å². The van der Waals surface area contributed by atoms with E-state index < -0.39 is 0 Å². The van der Waals surface area contributed by atoms with Crippen molar-refractivity contribution >= 4 is 5.91 Å². The van der Waals surface area contributed by atoms with Crippen LogP contribution in [0.5, 0.6) is 0 Å². The van der Waals surface area contributed by atoms with Gasteiger partial charge in [-0.2, -0.15) is 0 Å². The molecule has 1 aliphatic rings. The van der Waals surface area contributed by atoms with Gasteiger partial charge in [0, 0.05) is 6.54 Å². The van der Waals surface area contributed by atoms with Crippen molar-refractivity contribution in [1.82, 2.24) is 10.6 Å². The van der Waals surface area contributed by atoms with Gasteiger partial charge in [0.15, 0.2) is 0 Å². The molecule has 18 heavy (non-hydrogen) atoms. The SMILES string of the molecule is CC(C)CCNC(=O)C(C)NCC1CCC(C)C1. The Hall–Kier alpha value is -0.570. The normalized spacial score (nSPS) is 25.4. The predicted octanol–water partition coefficient (Wildman–Crippen LogP) is 2.56. The van der Waals surface area contributed by atoms with Gasteiger partial charge in [-0.3, -0.25) is 4.79 Å². The molecule has 3 nitrogen and oxygen atoms in total. The van der Waals surface area contributed by atoms with Crippen molar-refractivity contribution in [2.75, 3.05) is 13.1 Å². The predicted molar refractivity (Wildman–Crippen MR) is 76.4 cm³/mol. The highest BCUT2D eigenvalue weighted by molar-refractivity contribution is 5.81. The fraction of sp³-hybridized carbons (Fsp3) is 0.933. The summed E-state index contributed by atoms with van der Waals surface area (Å²) in [5, 5.41) is 6.37. The number of hydrogen-bond donors (Lipinski definition) is 2. The second-order valence-electron chi connectivity index (χ2n) is 6.39. The molecule has 0 aromatic heterocycles. The zero-order valence-corrected chi connectivity index (χ0v) is 12.5. The Labute approximate surface area is 112 Å². The lowest BCUT2D eigenvalue weighted by molar-refractivity contribution is -0.122. The van der Waals surface area contributed by atoms with E-state index in [0.717, 1.165) is 31.3 Å². The Morgan fingerprint density at radius 1 is 1.28 bits per heavy atom. The van der Waals surface area contributed by atoms with Crippen LogP contribution in [0.2, 0.25) is 0 Å². The molecule has 2 N–H and O–H groups in total. The smallest absolute Gasteiger partial charge is 0.236 e. The molecular weight excluding hydrogens is 224 g/mol. The summed E-state index contributed by atoms with van der Waals surface area (Å²) >= 11 is 0. The summed E-state index contributed by atoms with van der Waals surface area (Å²) in [6, 6.07) is -0.0620. The van der Waals surface area contributed by atoms with Crippen LogP contribution < -0.4 is 10.6 Å². The molecule has 0 radical (unpaired) electrons. The van der Waals surface area contributed by atoms with E-state index in [9.17, 15) is 4.79 Å². The quantitative estimate of drug-likeness (QED) is 0.733. The third-order valence-electron chi connectivity index (χ3n) is 3.93. The summed E-state index contributed by atoms with van der Waals surface area (Å²) in [5.74, 6) is 2.42. The summed E-state index contributed by atoms with van der Waals surface area (Å²) < 4.78 is 0. The van der Waals surface area contributed by atoms with Gasteiger partial charge in [0.05, 0.1) is 6.04 Å². The maximum atomic E-state index is 11.8. The second-order valence-corrected chi connectivity index (χ2v) is 6.39. The van der Waals surface area contributed by atoms with E-state index in [1.165, 1.54) is 19.3 Å². The Kier molecular flexibility index (Phi) is 6.69. The van der Waals surface area contributed by atoms with Gasteiger partial charge in [-0.15, -0.1) is 0 Å². The molecular formula is C15H30N2O. The van der Waals surface area contributed by atoms with Gasteiger partial charge in [0.2, 0.25) is 5.91 Å². The number of amides is 1. The first-order chi connectivity index (χ1) is 8.49. The minimum atomic E-state index is -0.0620. The molecule has 1 rings (SSSR count). The van der Waals surface area contributed by atoms with Crippen LogP contribution in [-0.2, 0) is 4.79 Å². The summed E-state index contributed by atoms with van der Waals surface area (Å²) in [4.78, 5) is 11.8. The van der Waals surface area contributed by atoms with Crippen LogP contribution in [0.25, 0.3) is 0 Å². The van der Waals surface area contributed by atoms with Crippen LogP contribution in [-0.4, -0.2) is 25.0 Å². The first-order valence-electron chi connectivity index (χ1n) is 7.50. The van der Waals surface area contributed by atoms with E-state index in [1.54, 1.807) is 0 Å². The van der Waals surface area contributed by atoms with Gasteiger partial charge in [0.25, 0.3) is 0 Å². The standard InChI is InChI=1S/C15H30N2O/c1-11(2)7-8-16-15(18)13(4)17-10-14-6-5-12(3)9-14/h11-14,17H,5-10H2,1-4H3,(H,16,18). The number of hydrogen-bond acceptors (Lipinski definition) is 2. The fourth-order valence-electron chi connectivity index (χ4n) is 2.58. The van der Waals surface area contributed by atoms with Gasteiger partial charge < -0.3 is 10.6 Å². The molecule has 1 amide bonds. The molecule has 0 spiro atoms. The first-order valence-corrected chi connectivity index (χ1v) is 7.50. The number of carbonyl (C=O) groups excluding carboxylic acids is 1. The lowest BCUT2D eigenvalue weighted by atomic mass is 10.1. The topological polar surface area (TPSA) is 41.1 Å². The van der Waals surface area contributed by atoms with E-state index in [4.69, 9.17) is 0 Å². The van der Waals surface area contributed by atoms with Gasteiger partial charge in [-0.1, -0.05) is 27.2 Å². The van der Waals surface area contributed by atoms with Crippen molar-refractivity contribution < 1.29 is 4.79 Å². The van der Waals surface area contributed by atoms with E-state index in [1.807, 2.05) is 6.92 Å². The lowest BCUT2D eigenvalue weighted by Crippen LogP contribution is -2.44. The molecule has 1 aliphatic carbocycles. The molecule has 3 unspecified atom stereocenters. The summed E-state index contributed by atoms with van der Waals surface area (Å²) in [7, 11) is 0. The molecule has 1 fully saturated rings. The number of carbonyl (C=O) groups is 1. The van der Waals surface area contributed by atoms with Crippen molar-refractivity contribution in [2.24, 2.45) is 17.8 Å². The summed E-state index contributed by atoms with van der Waals surface area (Å²) in [5.41, 5.74) is 0. The van der Waals surface area contributed by atoms with E-state index in [0.29, 0.717) is 5.92 Å². The monoisotopic (exact) mass is 254 g/mol. The van der Waals surface area contributed by atoms with Gasteiger partial charge >= 0.3 is 0 Å². The highest BCUT2D eigenvalue weighted by atomic mass is 16.2. The van der Waals surface area contributed by atoms with E-state index in [-0.39, 0.29) is 11.9 Å². The van der Waals surface area contributed by atoms with Crippen LogP contribution in [0.15, 0.2) is 0 Å². The van der Waals surface area contributed by atoms with E-state index in [2.05, 4.69) is 31.4 Å². The van der Waals surface area contributed by atoms with Crippen LogP contribution in [0.4, 0.5) is 0 Å². The minimum absolute atomic E-state index is 0.0620. The van der Waals surface area contributed by atoms with Gasteiger partial charge in [-0.25, -0.2) is 0 Å². The van der Waals surface area contributed by atoms with E-state index >= 15 is 0 Å². The van der Waals surface area contributed by atoms with Gasteiger partial charge in [0.1, 0.15) is 0 Å². The zero-order chi connectivity index (χ0) is 13.5. The minimum Gasteiger partial charge on any atom is -0.355 e. The molecule has 3 atom stereocenters. The second kappa shape index (κ2) is 7.78. The third-order valence-corrected chi connectivity index (χ3v) is 3.93. The molecule has 0 saturated heterocycles. The van der Waals surface area contributed by atoms with Crippen molar-refractivity contribution in [3.05, 3.63) is 0 Å². The van der Waals surface area contributed by atoms with Crippen LogP contribution in [0.3, 0.4) is 0 Å². The Morgan fingerprint density at radius 2 is 2.00 bits per heavy atom. The van der Waals surface area contributed by atoms with Gasteiger partial charge in [-0.05, 0) is 50.5 Å². The zero-order valence-electron chi connectivity index (χ0n) is 12.5. The van der Waals surface area contributed by atoms with Crippen LogP contribution >= 0.6 is 0 Å². The lowest BCUT2D eigenvalue weighted by Gasteiger charge is -2.17. The first kappa shape index (κ1) is 15.5. The number of nitrogens with one attached hydrogen (secondary N) is 2. The summed E-state index contributed by atoms with van der Waals surface area (Å²) in [6.07, 6.45) is 5.03. The van der Waals surface area contributed by atoms with Crippen molar-refractivity contribution in [1.29, 1.82) is 0 Å².